The molecule has 0 atom stereocenters. The number of thiol groups is 1. The minimum absolute atomic E-state index is 0.179. The molecule has 1 fully saturated rings. The summed E-state index contributed by atoms with van der Waals surface area (Å²) in [4.78, 5) is 32.7. The first-order chi connectivity index (χ1) is 6.04. The molecule has 0 aromatic rings. The predicted octanol–water partition coefficient (Wildman–Crippen LogP) is 0.228. The summed E-state index contributed by atoms with van der Waals surface area (Å²) in [6.45, 7) is 1.21. The average Bonchev–Trinajstić information content (AvgIpc) is 2.32. The molecule has 3 amide bonds. The summed E-state index contributed by atoms with van der Waals surface area (Å²) in [7, 11) is 0. The van der Waals surface area contributed by atoms with Gasteiger partial charge in [-0.3, -0.25) is 14.4 Å². The van der Waals surface area contributed by atoms with Crippen molar-refractivity contribution < 1.29 is 14.4 Å². The zero-order chi connectivity index (χ0) is 10.4. The van der Waals surface area contributed by atoms with Crippen molar-refractivity contribution in [3.63, 3.8) is 0 Å². The average molecular weight is 190 g/mol. The first kappa shape index (κ1) is 9.25. The van der Waals surface area contributed by atoms with Gasteiger partial charge in [-0.25, -0.2) is 4.90 Å². The number of imide groups is 3. The van der Waals surface area contributed by atoms with Crippen LogP contribution in [0.3, 0.4) is 0 Å². The van der Waals surface area contributed by atoms with Crippen molar-refractivity contribution in [1.82, 2.24) is 4.90 Å². The van der Waals surface area contributed by atoms with Crippen LogP contribution in [0.4, 0.5) is 0 Å². The van der Waals surface area contributed by atoms with E-state index in [1.54, 1.807) is 6.26 Å². The largest absolute Gasteiger partial charge is 0.274 e. The quantitative estimate of drug-likeness (QED) is 0.439. The van der Waals surface area contributed by atoms with E-state index >= 15 is 0 Å². The van der Waals surface area contributed by atoms with E-state index in [1.807, 2.05) is 0 Å². The minimum Gasteiger partial charge on any atom is -0.274 e. The summed E-state index contributed by atoms with van der Waals surface area (Å²) in [5.74, 6) is -1.23. The Hall–Kier alpha value is -0.840. The molecule has 0 radical (unpaired) electrons. The molecule has 0 spiro atoms. The second-order valence-corrected chi connectivity index (χ2v) is 2.14. The maximum Gasteiger partial charge on any atom is 0.236 e. The molecule has 0 bridgehead atoms. The number of rotatable bonds is 0. The molecule has 1 rings (SSSR count). The number of hydrogen-bond acceptors (Lipinski definition) is 4. The van der Waals surface area contributed by atoms with Gasteiger partial charge in [-0.2, -0.15) is 12.5 Å². The number of likely N-dealkylation sites (tertiary alicyclic amines) is 1. The zero-order valence-electron chi connectivity index (χ0n) is 7.99. The number of carbonyl (C=O) groups excluding carboxylic acids is 3. The molecule has 0 aliphatic carbocycles. The molecular formula is C7H11NO3S. The summed E-state index contributed by atoms with van der Waals surface area (Å²) in [6, 6.07) is 0. The third-order valence-corrected chi connectivity index (χ3v) is 1.37. The molecule has 0 saturated carbocycles. The highest BCUT2D eigenvalue weighted by Gasteiger charge is 2.31. The van der Waals surface area contributed by atoms with Crippen LogP contribution in [-0.2, 0) is 14.4 Å². The van der Waals surface area contributed by atoms with Gasteiger partial charge in [0, 0.05) is 19.8 Å². The molecule has 0 unspecified atom stereocenters. The van der Waals surface area contributed by atoms with Crippen LogP contribution in [0.15, 0.2) is 0 Å². The van der Waals surface area contributed by atoms with Gasteiger partial charge in [0.25, 0.3) is 0 Å². The Balaban J connectivity index is 0.000000424. The predicted molar refractivity (Wildman–Crippen MR) is 46.7 cm³/mol. The molecule has 1 aliphatic heterocycles. The SMILES string of the molecule is CC(=O)N1C(=O)CCC1=O.[2H]SC. The lowest BCUT2D eigenvalue weighted by atomic mass is 10.4. The lowest BCUT2D eigenvalue weighted by Crippen LogP contribution is -2.33. The summed E-state index contributed by atoms with van der Waals surface area (Å²) >= 11 is 1.000. The molecule has 68 valence electrons. The highest BCUT2D eigenvalue weighted by molar-refractivity contribution is 7.79. The van der Waals surface area contributed by atoms with Crippen LogP contribution < -0.4 is 0 Å². The zero-order valence-corrected chi connectivity index (χ0v) is 7.81. The second kappa shape index (κ2) is 4.92. The molecule has 1 aliphatic rings. The van der Waals surface area contributed by atoms with Gasteiger partial charge in [0.2, 0.25) is 17.7 Å². The molecule has 0 aromatic heterocycles. The number of nitrogens with zero attached hydrogens (tertiary/aromatic N) is 1. The topological polar surface area (TPSA) is 54.5 Å². The molecule has 1 heterocycles. The molecule has 0 aromatic carbocycles. The van der Waals surface area contributed by atoms with E-state index in [4.69, 9.17) is 1.12 Å². The lowest BCUT2D eigenvalue weighted by Gasteiger charge is -2.06. The number of hydrogen-bond donors (Lipinski definition) is 1. The first-order valence-corrected chi connectivity index (χ1v) is 4.22. The minimum atomic E-state index is -0.479. The molecule has 12 heavy (non-hydrogen) atoms. The Labute approximate surface area is 77.4 Å². The maximum absolute atomic E-state index is 10.7. The van der Waals surface area contributed by atoms with Crippen LogP contribution in [0.25, 0.3) is 0 Å². The van der Waals surface area contributed by atoms with Crippen molar-refractivity contribution in [3.05, 3.63) is 0 Å². The molecule has 5 heteroatoms. The van der Waals surface area contributed by atoms with Crippen molar-refractivity contribution >= 4 is 30.3 Å². The van der Waals surface area contributed by atoms with Crippen molar-refractivity contribution in [2.45, 2.75) is 19.8 Å². The van der Waals surface area contributed by atoms with Crippen LogP contribution in [0.1, 0.15) is 19.8 Å². The normalized spacial score (nSPS) is 16.8. The van der Waals surface area contributed by atoms with Gasteiger partial charge in [-0.05, 0) is 6.26 Å². The fourth-order valence-corrected chi connectivity index (χ4v) is 0.928. The van der Waals surface area contributed by atoms with Gasteiger partial charge in [0.05, 0.1) is 0 Å². The Bertz CT molecular complexity index is 216. The fraction of sp³-hybridized carbons (Fsp3) is 0.571. The first-order valence-electron chi connectivity index (χ1n) is 3.81. The summed E-state index contributed by atoms with van der Waals surface area (Å²) in [6.07, 6.45) is 2.07. The summed E-state index contributed by atoms with van der Waals surface area (Å²) in [5.41, 5.74) is 0. The van der Waals surface area contributed by atoms with Crippen molar-refractivity contribution in [1.29, 1.82) is 1.12 Å². The van der Waals surface area contributed by atoms with E-state index in [-0.39, 0.29) is 24.7 Å². The van der Waals surface area contributed by atoms with E-state index < -0.39 is 5.91 Å². The summed E-state index contributed by atoms with van der Waals surface area (Å²) < 4.78 is 6.12. The highest BCUT2D eigenvalue weighted by Crippen LogP contribution is 2.10. The highest BCUT2D eigenvalue weighted by atomic mass is 32.1. The van der Waals surface area contributed by atoms with E-state index in [0.717, 1.165) is 12.5 Å². The Morgan fingerprint density at radius 2 is 1.83 bits per heavy atom. The molecular weight excluding hydrogens is 178 g/mol. The monoisotopic (exact) mass is 190 g/mol. The van der Waals surface area contributed by atoms with Gasteiger partial charge < -0.3 is 0 Å². The van der Waals surface area contributed by atoms with Crippen LogP contribution in [-0.4, -0.2) is 30.0 Å². The van der Waals surface area contributed by atoms with Crippen LogP contribution in [0.5, 0.6) is 0 Å². The van der Waals surface area contributed by atoms with Crippen molar-refractivity contribution in [2.24, 2.45) is 0 Å². The Kier molecular flexibility index (Phi) is 3.79. The second-order valence-electron chi connectivity index (χ2n) is 2.14. The molecule has 0 N–H and O–H groups in total. The van der Waals surface area contributed by atoms with Gasteiger partial charge in [0.1, 0.15) is 1.12 Å². The third-order valence-electron chi connectivity index (χ3n) is 1.37. The maximum atomic E-state index is 10.7. The number of carbonyl (C=O) groups is 3. The standard InChI is InChI=1S/C6H7NO3.CH4S/c1-4(8)7-5(9)2-3-6(7)10;1-2/h2-3H2,1H3;2H,1H3/i/hD. The van der Waals surface area contributed by atoms with Crippen LogP contribution in [0, 0.1) is 0 Å². The van der Waals surface area contributed by atoms with Crippen molar-refractivity contribution in [3.8, 4) is 0 Å². The lowest BCUT2D eigenvalue weighted by molar-refractivity contribution is -0.148. The molecule has 4 nitrogen and oxygen atoms in total. The fourth-order valence-electron chi connectivity index (χ4n) is 0.928. The molecule has 1 saturated heterocycles. The van der Waals surface area contributed by atoms with Crippen LogP contribution >= 0.6 is 12.5 Å². The van der Waals surface area contributed by atoms with Gasteiger partial charge >= 0.3 is 0 Å². The van der Waals surface area contributed by atoms with Crippen molar-refractivity contribution in [2.75, 3.05) is 6.26 Å². The Morgan fingerprint density at radius 1 is 1.50 bits per heavy atom. The van der Waals surface area contributed by atoms with Gasteiger partial charge in [-0.15, -0.1) is 0 Å². The van der Waals surface area contributed by atoms with E-state index in [9.17, 15) is 14.4 Å². The smallest absolute Gasteiger partial charge is 0.236 e. The van der Waals surface area contributed by atoms with E-state index in [2.05, 4.69) is 0 Å². The Morgan fingerprint density at radius 3 is 2.00 bits per heavy atom. The van der Waals surface area contributed by atoms with E-state index in [1.165, 1.54) is 6.92 Å². The van der Waals surface area contributed by atoms with E-state index in [0.29, 0.717) is 4.90 Å². The van der Waals surface area contributed by atoms with Gasteiger partial charge in [0.15, 0.2) is 0 Å². The summed E-state index contributed by atoms with van der Waals surface area (Å²) in [5, 5.41) is 0. The third kappa shape index (κ3) is 2.34. The van der Waals surface area contributed by atoms with Crippen LogP contribution in [0.2, 0.25) is 0 Å². The number of amides is 3. The van der Waals surface area contributed by atoms with Gasteiger partial charge in [-0.1, -0.05) is 0 Å².